The van der Waals surface area contributed by atoms with Gasteiger partial charge in [-0.25, -0.2) is 9.97 Å². The first-order valence-corrected chi connectivity index (χ1v) is 8.00. The summed E-state index contributed by atoms with van der Waals surface area (Å²) in [6, 6.07) is 17.3. The summed E-state index contributed by atoms with van der Waals surface area (Å²) in [6.45, 7) is 0.426. The van der Waals surface area contributed by atoms with Crippen molar-refractivity contribution in [3.05, 3.63) is 81.4 Å². The summed E-state index contributed by atoms with van der Waals surface area (Å²) in [6.07, 6.45) is 1.59. The topological polar surface area (TPSA) is 47.8 Å². The van der Waals surface area contributed by atoms with Crippen molar-refractivity contribution in [3.63, 3.8) is 0 Å². The molecule has 0 N–H and O–H groups in total. The molecular weight excluding hydrogens is 354 g/mol. The van der Waals surface area contributed by atoms with Gasteiger partial charge < -0.3 is 0 Å². The molecule has 0 aliphatic carbocycles. The Hall–Kier alpha value is -2.53. The molecule has 0 bridgehead atoms. The molecule has 0 saturated carbocycles. The molecule has 112 valence electrons. The Balaban J connectivity index is 1.83. The van der Waals surface area contributed by atoms with E-state index >= 15 is 0 Å². The minimum atomic E-state index is -0.0457. The summed E-state index contributed by atoms with van der Waals surface area (Å²) in [5.41, 5.74) is 2.54. The van der Waals surface area contributed by atoms with Crippen molar-refractivity contribution in [2.45, 2.75) is 6.54 Å². The van der Waals surface area contributed by atoms with Gasteiger partial charge in [0.1, 0.15) is 4.60 Å². The van der Waals surface area contributed by atoms with Gasteiger partial charge in [-0.15, -0.1) is 0 Å². The van der Waals surface area contributed by atoms with Gasteiger partial charge >= 0.3 is 0 Å². The predicted molar refractivity (Wildman–Crippen MR) is 94.5 cm³/mol. The predicted octanol–water partition coefficient (Wildman–Crippen LogP) is 3.76. The Morgan fingerprint density at radius 3 is 2.61 bits per heavy atom. The van der Waals surface area contributed by atoms with Crippen molar-refractivity contribution in [2.24, 2.45) is 0 Å². The van der Waals surface area contributed by atoms with E-state index in [1.807, 2.05) is 48.5 Å². The van der Waals surface area contributed by atoms with Crippen molar-refractivity contribution in [1.82, 2.24) is 14.5 Å². The summed E-state index contributed by atoms with van der Waals surface area (Å²) < 4.78 is 2.36. The smallest absolute Gasteiger partial charge is 0.261 e. The van der Waals surface area contributed by atoms with Gasteiger partial charge in [-0.05, 0) is 40.2 Å². The first kappa shape index (κ1) is 14.1. The van der Waals surface area contributed by atoms with Crippen molar-refractivity contribution in [1.29, 1.82) is 0 Å². The summed E-state index contributed by atoms with van der Waals surface area (Å²) >= 11 is 3.50. The lowest BCUT2D eigenvalue weighted by Crippen LogP contribution is -2.21. The number of halogens is 1. The number of benzene rings is 2. The summed E-state index contributed by atoms with van der Waals surface area (Å²) in [5.74, 6) is 0. The van der Waals surface area contributed by atoms with E-state index in [4.69, 9.17) is 0 Å². The highest BCUT2D eigenvalue weighted by Crippen LogP contribution is 2.21. The summed E-state index contributed by atoms with van der Waals surface area (Å²) in [5, 5.41) is 1.67. The second-order valence-electron chi connectivity index (χ2n) is 5.33. The van der Waals surface area contributed by atoms with Crippen LogP contribution in [-0.2, 0) is 6.54 Å². The molecule has 2 aromatic carbocycles. The molecule has 4 nitrogen and oxygen atoms in total. The number of fused-ring (bicyclic) bond motifs is 2. The van der Waals surface area contributed by atoms with Crippen LogP contribution in [0.15, 0.2) is 70.3 Å². The van der Waals surface area contributed by atoms with E-state index in [2.05, 4.69) is 25.9 Å². The van der Waals surface area contributed by atoms with E-state index < -0.39 is 0 Å². The fourth-order valence-electron chi connectivity index (χ4n) is 2.65. The molecule has 2 aromatic heterocycles. The normalized spacial score (nSPS) is 11.2. The van der Waals surface area contributed by atoms with Crippen LogP contribution in [0, 0.1) is 0 Å². The number of nitrogens with zero attached hydrogens (tertiary/aromatic N) is 3. The molecule has 0 saturated heterocycles. The van der Waals surface area contributed by atoms with Crippen LogP contribution in [0.3, 0.4) is 0 Å². The summed E-state index contributed by atoms with van der Waals surface area (Å²) in [4.78, 5) is 21.5. The largest absolute Gasteiger partial charge is 0.294 e. The third-order valence-corrected chi connectivity index (χ3v) is 4.51. The van der Waals surface area contributed by atoms with E-state index in [-0.39, 0.29) is 5.56 Å². The molecule has 4 aromatic rings. The van der Waals surface area contributed by atoms with Gasteiger partial charge in [0.2, 0.25) is 0 Å². The van der Waals surface area contributed by atoms with Gasteiger partial charge in [0.15, 0.2) is 0 Å². The van der Waals surface area contributed by atoms with Gasteiger partial charge in [-0.2, -0.15) is 0 Å². The maximum absolute atomic E-state index is 12.6. The Labute approximate surface area is 140 Å². The average molecular weight is 366 g/mol. The number of rotatable bonds is 2. The van der Waals surface area contributed by atoms with E-state index in [0.29, 0.717) is 17.4 Å². The fraction of sp³-hybridized carbons (Fsp3) is 0.0556. The Bertz CT molecular complexity index is 1090. The third kappa shape index (κ3) is 2.53. The first-order chi connectivity index (χ1) is 11.2. The number of aromatic nitrogens is 3. The lowest BCUT2D eigenvalue weighted by molar-refractivity contribution is 0.743. The van der Waals surface area contributed by atoms with Crippen LogP contribution in [0.2, 0.25) is 0 Å². The Morgan fingerprint density at radius 2 is 1.74 bits per heavy atom. The molecule has 0 spiro atoms. The second-order valence-corrected chi connectivity index (χ2v) is 6.08. The molecular formula is C18H12BrN3O. The lowest BCUT2D eigenvalue weighted by atomic mass is 10.1. The maximum Gasteiger partial charge on any atom is 0.261 e. The molecule has 0 unspecified atom stereocenters. The highest BCUT2D eigenvalue weighted by atomic mass is 79.9. The first-order valence-electron chi connectivity index (χ1n) is 7.21. The molecule has 4 rings (SSSR count). The second kappa shape index (κ2) is 5.59. The third-order valence-electron chi connectivity index (χ3n) is 3.82. The molecule has 2 heterocycles. The van der Waals surface area contributed by atoms with Gasteiger partial charge in [0.05, 0.1) is 29.3 Å². The maximum atomic E-state index is 12.6. The molecule has 5 heteroatoms. The van der Waals surface area contributed by atoms with E-state index in [0.717, 1.165) is 21.1 Å². The number of pyridine rings is 1. The highest BCUT2D eigenvalue weighted by Gasteiger charge is 2.08. The van der Waals surface area contributed by atoms with Crippen LogP contribution in [0.25, 0.3) is 21.8 Å². The zero-order valence-corrected chi connectivity index (χ0v) is 13.7. The quantitative estimate of drug-likeness (QED) is 0.508. The number of para-hydroxylation sites is 2. The van der Waals surface area contributed by atoms with E-state index in [1.54, 1.807) is 17.0 Å². The van der Waals surface area contributed by atoms with Crippen LogP contribution in [0.5, 0.6) is 0 Å². The molecule has 0 aliphatic rings. The number of hydrogen-bond donors (Lipinski definition) is 0. The minimum Gasteiger partial charge on any atom is -0.294 e. The highest BCUT2D eigenvalue weighted by molar-refractivity contribution is 9.10. The molecule has 0 fully saturated rings. The monoisotopic (exact) mass is 365 g/mol. The van der Waals surface area contributed by atoms with Gasteiger partial charge in [-0.1, -0.05) is 30.3 Å². The van der Waals surface area contributed by atoms with Gasteiger partial charge in [-0.3, -0.25) is 9.36 Å². The minimum absolute atomic E-state index is 0.0457. The van der Waals surface area contributed by atoms with Crippen LogP contribution in [-0.4, -0.2) is 14.5 Å². The van der Waals surface area contributed by atoms with Crippen molar-refractivity contribution in [2.75, 3.05) is 0 Å². The fourth-order valence-corrected chi connectivity index (χ4v) is 3.08. The van der Waals surface area contributed by atoms with Crippen molar-refractivity contribution < 1.29 is 0 Å². The average Bonchev–Trinajstić information content (AvgIpc) is 2.58. The molecule has 0 amide bonds. The van der Waals surface area contributed by atoms with Crippen LogP contribution >= 0.6 is 15.9 Å². The lowest BCUT2D eigenvalue weighted by Gasteiger charge is -2.09. The van der Waals surface area contributed by atoms with E-state index in [9.17, 15) is 4.79 Å². The number of hydrogen-bond acceptors (Lipinski definition) is 3. The zero-order chi connectivity index (χ0) is 15.8. The van der Waals surface area contributed by atoms with Gasteiger partial charge in [0.25, 0.3) is 5.56 Å². The van der Waals surface area contributed by atoms with Crippen LogP contribution in [0.4, 0.5) is 0 Å². The Kier molecular flexibility index (Phi) is 3.42. The van der Waals surface area contributed by atoms with Crippen LogP contribution in [0.1, 0.15) is 5.56 Å². The SMILES string of the molecule is O=c1c2ccccc2ncn1Cc1cc2ccccc2nc1Br. The van der Waals surface area contributed by atoms with Crippen LogP contribution < -0.4 is 5.56 Å². The van der Waals surface area contributed by atoms with Gasteiger partial charge in [0, 0.05) is 10.9 Å². The molecule has 0 atom stereocenters. The zero-order valence-electron chi connectivity index (χ0n) is 12.1. The standard InChI is InChI=1S/C18H12BrN3O/c19-17-13(9-12-5-1-3-7-15(12)21-17)10-22-11-20-16-8-4-2-6-14(16)18(22)23/h1-9,11H,10H2. The van der Waals surface area contributed by atoms with Crippen molar-refractivity contribution in [3.8, 4) is 0 Å². The van der Waals surface area contributed by atoms with E-state index in [1.165, 1.54) is 0 Å². The molecule has 23 heavy (non-hydrogen) atoms. The van der Waals surface area contributed by atoms with Crippen molar-refractivity contribution >= 4 is 37.7 Å². The Morgan fingerprint density at radius 1 is 1.00 bits per heavy atom. The molecule has 0 radical (unpaired) electrons. The summed E-state index contributed by atoms with van der Waals surface area (Å²) in [7, 11) is 0. The molecule has 0 aliphatic heterocycles.